The molecule has 0 aliphatic carbocycles. The summed E-state index contributed by atoms with van der Waals surface area (Å²) >= 11 is 0. The van der Waals surface area contributed by atoms with Gasteiger partial charge in [0.25, 0.3) is 5.91 Å². The maximum Gasteiger partial charge on any atom is 0.310 e. The van der Waals surface area contributed by atoms with E-state index in [2.05, 4.69) is 21.3 Å². The van der Waals surface area contributed by atoms with Crippen LogP contribution in [0.15, 0.2) is 59.8 Å². The number of amides is 1. The minimum Gasteiger partial charge on any atom is -0.369 e. The molecule has 0 unspecified atom stereocenters. The van der Waals surface area contributed by atoms with Crippen molar-refractivity contribution in [3.05, 3.63) is 71.7 Å². The predicted molar refractivity (Wildman–Crippen MR) is 154 cm³/mol. The molecule has 0 radical (unpaired) electrons. The number of hydrogen-bond donors (Lipinski definition) is 3. The van der Waals surface area contributed by atoms with Crippen molar-refractivity contribution in [2.45, 2.75) is 17.7 Å². The second-order valence-corrected chi connectivity index (χ2v) is 13.3. The van der Waals surface area contributed by atoms with E-state index < -0.39 is 26.6 Å². The fourth-order valence-corrected chi connectivity index (χ4v) is 6.00. The van der Waals surface area contributed by atoms with Crippen molar-refractivity contribution in [1.82, 2.24) is 29.9 Å². The van der Waals surface area contributed by atoms with E-state index in [4.69, 9.17) is 0 Å². The lowest BCUT2D eigenvalue weighted by Crippen LogP contribution is -2.44. The molecule has 226 valence electrons. The first-order valence-electron chi connectivity index (χ1n) is 13.4. The van der Waals surface area contributed by atoms with Crippen molar-refractivity contribution in [2.75, 3.05) is 56.5 Å². The number of halogens is 5. The molecule has 2 aromatic heterocycles. The molecule has 42 heavy (non-hydrogen) atoms. The van der Waals surface area contributed by atoms with Crippen LogP contribution in [0, 0.1) is 6.92 Å². The molecule has 1 amide bonds. The Kier molecular flexibility index (Phi) is 6.38. The lowest BCUT2D eigenvalue weighted by atomic mass is 10.1. The topological polar surface area (TPSA) is 81.9 Å². The van der Waals surface area contributed by atoms with E-state index in [0.29, 0.717) is 37.9 Å². The Hall–Kier alpha value is -3.66. The molecule has 2 aliphatic heterocycles. The van der Waals surface area contributed by atoms with Crippen molar-refractivity contribution >= 4 is 33.2 Å². The number of hydrazine groups is 1. The van der Waals surface area contributed by atoms with Gasteiger partial charge in [-0.25, -0.2) is 4.52 Å². The maximum absolute atomic E-state index is 13.9. The number of carbonyl (C=O) groups excluding carboxylic acids is 1. The molecule has 0 bridgehead atoms. The fourth-order valence-electron chi connectivity index (χ4n) is 5.31. The highest BCUT2D eigenvalue weighted by Gasteiger charge is 2.65. The van der Waals surface area contributed by atoms with Crippen LogP contribution >= 0.6 is 10.2 Å². The smallest absolute Gasteiger partial charge is 0.310 e. The summed E-state index contributed by atoms with van der Waals surface area (Å²) in [5.74, 6) is -0.711. The van der Waals surface area contributed by atoms with Gasteiger partial charge in [0.15, 0.2) is 0 Å². The van der Waals surface area contributed by atoms with E-state index in [0.717, 1.165) is 35.7 Å². The van der Waals surface area contributed by atoms with Gasteiger partial charge in [-0.1, -0.05) is 25.5 Å². The van der Waals surface area contributed by atoms with Gasteiger partial charge in [-0.05, 0) is 49.9 Å². The largest absolute Gasteiger partial charge is 0.369 e. The Morgan fingerprint density at radius 3 is 2.36 bits per heavy atom. The number of likely N-dealkylation sites (N-methyl/N-ethyl adjacent to an activating group) is 1. The number of fused-ring (bicyclic) bond motifs is 1. The van der Waals surface area contributed by atoms with Crippen LogP contribution in [0.1, 0.15) is 27.5 Å². The van der Waals surface area contributed by atoms with Gasteiger partial charge in [0.2, 0.25) is 0 Å². The van der Waals surface area contributed by atoms with Crippen molar-refractivity contribution in [3.63, 3.8) is 0 Å². The Bertz CT molecular complexity index is 1670. The average molecular weight is 611 g/mol. The molecule has 4 aromatic rings. The first-order chi connectivity index (χ1) is 19.6. The molecule has 2 saturated heterocycles. The molecule has 2 aromatic carbocycles. The van der Waals surface area contributed by atoms with Gasteiger partial charge in [0.05, 0.1) is 11.4 Å². The lowest BCUT2D eigenvalue weighted by Gasteiger charge is -2.42. The van der Waals surface area contributed by atoms with E-state index in [1.807, 2.05) is 41.9 Å². The number of anilines is 2. The van der Waals surface area contributed by atoms with Crippen LogP contribution in [0.5, 0.6) is 0 Å². The molecule has 0 spiro atoms. The molecule has 6 rings (SSSR count). The van der Waals surface area contributed by atoms with Gasteiger partial charge < -0.3 is 15.1 Å². The summed E-state index contributed by atoms with van der Waals surface area (Å²) < 4.78 is 73.3. The number of aryl methyl sites for hydroxylation is 1. The standard InChI is InChI=1S/C27H31F5N8OS/c1-18-3-4-21(13-25(18)39-9-10-40-26(39)15-24(36-40)20-16-33-34-17-20)35-27(41)19-11-22(38-7-5-37(2)6-8-38)14-23(12-19)42(28,29,30,31)32/h3-4,9-15,20,33-34H,5-8,16-17H2,1-2H3,(H,35,41). The molecule has 0 atom stereocenters. The van der Waals surface area contributed by atoms with E-state index in [-0.39, 0.29) is 17.7 Å². The molecule has 9 nitrogen and oxygen atoms in total. The summed E-state index contributed by atoms with van der Waals surface area (Å²) in [7, 11) is -8.20. The number of carbonyl (C=O) groups is 1. The van der Waals surface area contributed by atoms with Gasteiger partial charge in [-0.15, -0.1) is 0 Å². The Balaban J connectivity index is 1.32. The van der Waals surface area contributed by atoms with E-state index in [1.54, 1.807) is 27.6 Å². The van der Waals surface area contributed by atoms with Crippen LogP contribution in [-0.4, -0.2) is 71.3 Å². The van der Waals surface area contributed by atoms with Crippen LogP contribution in [0.3, 0.4) is 0 Å². The number of aromatic nitrogens is 3. The predicted octanol–water partition coefficient (Wildman–Crippen LogP) is 5.29. The molecule has 3 N–H and O–H groups in total. The number of nitrogens with zero attached hydrogens (tertiary/aromatic N) is 5. The Morgan fingerprint density at radius 2 is 1.67 bits per heavy atom. The summed E-state index contributed by atoms with van der Waals surface area (Å²) in [4.78, 5) is 14.8. The molecular formula is C27H31F5N8OS. The highest BCUT2D eigenvalue weighted by molar-refractivity contribution is 8.45. The fraction of sp³-hybridized carbons (Fsp3) is 0.333. The van der Waals surface area contributed by atoms with Gasteiger partial charge in [-0.3, -0.25) is 20.2 Å². The normalized spacial score (nSPS) is 18.8. The number of imidazole rings is 1. The van der Waals surface area contributed by atoms with E-state index in [1.165, 1.54) is 6.07 Å². The van der Waals surface area contributed by atoms with Crippen LogP contribution in [-0.2, 0) is 0 Å². The number of piperazine rings is 1. The van der Waals surface area contributed by atoms with Crippen LogP contribution in [0.4, 0.5) is 30.8 Å². The molecule has 2 fully saturated rings. The van der Waals surface area contributed by atoms with Gasteiger partial charge >= 0.3 is 10.2 Å². The zero-order valence-electron chi connectivity index (χ0n) is 23.0. The minimum atomic E-state index is -10.1. The summed E-state index contributed by atoms with van der Waals surface area (Å²) in [5, 5.41) is 7.27. The summed E-state index contributed by atoms with van der Waals surface area (Å²) in [6.45, 7) is 5.18. The van der Waals surface area contributed by atoms with Crippen molar-refractivity contribution in [2.24, 2.45) is 0 Å². The quantitative estimate of drug-likeness (QED) is 0.258. The molecular weight excluding hydrogens is 579 g/mol. The first-order valence-corrected chi connectivity index (χ1v) is 15.4. The molecule has 15 heteroatoms. The molecule has 4 heterocycles. The summed E-state index contributed by atoms with van der Waals surface area (Å²) in [6.07, 6.45) is 3.64. The Morgan fingerprint density at radius 1 is 0.952 bits per heavy atom. The highest BCUT2D eigenvalue weighted by Crippen LogP contribution is 3.02. The van der Waals surface area contributed by atoms with E-state index in [9.17, 15) is 24.2 Å². The van der Waals surface area contributed by atoms with Gasteiger partial charge in [0, 0.05) is 80.6 Å². The second-order valence-electron chi connectivity index (χ2n) is 10.9. The van der Waals surface area contributed by atoms with Gasteiger partial charge in [-0.2, -0.15) is 5.10 Å². The zero-order chi connectivity index (χ0) is 29.9. The maximum atomic E-state index is 13.9. The van der Waals surface area contributed by atoms with E-state index >= 15 is 0 Å². The monoisotopic (exact) mass is 610 g/mol. The third kappa shape index (κ3) is 5.69. The summed E-state index contributed by atoms with van der Waals surface area (Å²) in [6, 6.07) is 8.97. The SMILES string of the molecule is Cc1ccc(NC(=O)c2cc(N3CCN(C)CC3)cc(S(F)(F)(F)(F)F)c2)cc1-n1ccn2nc(C3CNNC3)cc12. The van der Waals surface area contributed by atoms with Gasteiger partial charge in [0.1, 0.15) is 10.5 Å². The average Bonchev–Trinajstić information content (AvgIpc) is 3.67. The third-order valence-corrected chi connectivity index (χ3v) is 8.90. The van der Waals surface area contributed by atoms with Crippen molar-refractivity contribution in [3.8, 4) is 5.69 Å². The van der Waals surface area contributed by atoms with Crippen molar-refractivity contribution < 1.29 is 24.2 Å². The molecule has 0 saturated carbocycles. The first kappa shape index (κ1) is 28.5. The molecule has 2 aliphatic rings. The van der Waals surface area contributed by atoms with Crippen LogP contribution in [0.25, 0.3) is 11.3 Å². The van der Waals surface area contributed by atoms with Crippen LogP contribution < -0.4 is 21.1 Å². The number of hydrogen-bond acceptors (Lipinski definition) is 6. The number of nitrogens with one attached hydrogen (secondary N) is 3. The number of rotatable bonds is 6. The van der Waals surface area contributed by atoms with Crippen LogP contribution in [0.2, 0.25) is 0 Å². The highest BCUT2D eigenvalue weighted by atomic mass is 32.5. The second kappa shape index (κ2) is 9.42. The zero-order valence-corrected chi connectivity index (χ0v) is 23.8. The summed E-state index contributed by atoms with van der Waals surface area (Å²) in [5.41, 5.74) is 9.21. The lowest BCUT2D eigenvalue weighted by molar-refractivity contribution is 0.102. The van der Waals surface area contributed by atoms with Crippen molar-refractivity contribution in [1.29, 1.82) is 0 Å². The minimum absolute atomic E-state index is 0.0671. The Labute approximate surface area is 239 Å². The third-order valence-electron chi connectivity index (χ3n) is 7.77. The number of benzene rings is 2.